The Balaban J connectivity index is 1.24. The number of aromatic nitrogens is 1. The fraction of sp³-hybridized carbons (Fsp3) is 0.143. The van der Waals surface area contributed by atoms with Crippen molar-refractivity contribution >= 4 is 145 Å². The Kier molecular flexibility index (Phi) is 6.88. The van der Waals surface area contributed by atoms with E-state index < -0.39 is 0 Å². The lowest BCUT2D eigenvalue weighted by Crippen LogP contribution is -2.60. The Labute approximate surface area is 372 Å². The third kappa shape index (κ3) is 4.60. The van der Waals surface area contributed by atoms with Gasteiger partial charge in [-0.1, -0.05) is 120 Å². The highest BCUT2D eigenvalue weighted by molar-refractivity contribution is 7.27. The maximum absolute atomic E-state index is 2.73. The predicted molar refractivity (Wildman–Crippen MR) is 276 cm³/mol. The smallest absolute Gasteiger partial charge is 0.333 e. The van der Waals surface area contributed by atoms with Gasteiger partial charge < -0.3 is 9.38 Å². The van der Waals surface area contributed by atoms with Crippen LogP contribution in [0.1, 0.15) is 52.7 Å². The molecule has 0 saturated heterocycles. The van der Waals surface area contributed by atoms with E-state index in [0.29, 0.717) is 0 Å². The van der Waals surface area contributed by atoms with Crippen LogP contribution < -0.4 is 15.7 Å². The summed E-state index contributed by atoms with van der Waals surface area (Å²) in [5.74, 6) is 0. The molecular weight excluding hydrogens is 808 g/mol. The average molecular weight is 849 g/mol. The van der Waals surface area contributed by atoms with Gasteiger partial charge in [0.05, 0.1) is 11.0 Å². The molecule has 0 spiro atoms. The minimum absolute atomic E-state index is 0.00108. The van der Waals surface area contributed by atoms with E-state index in [2.05, 4.69) is 190 Å². The summed E-state index contributed by atoms with van der Waals surface area (Å²) in [7, 11) is 0. The van der Waals surface area contributed by atoms with Crippen molar-refractivity contribution in [1.29, 1.82) is 0 Å². The van der Waals surface area contributed by atoms with Gasteiger partial charge in [0, 0.05) is 99.5 Å². The van der Waals surface area contributed by atoms with Gasteiger partial charge in [-0.15, -0.1) is 34.0 Å². The Morgan fingerprint density at radius 2 is 1.06 bits per heavy atom. The van der Waals surface area contributed by atoms with Crippen LogP contribution in [-0.2, 0) is 10.8 Å². The molecule has 296 valence electrons. The molecule has 0 bridgehead atoms. The molecule has 0 radical (unpaired) electrons. The number of thiophene rings is 3. The number of benzene rings is 8. The van der Waals surface area contributed by atoms with Crippen LogP contribution in [0.4, 0.5) is 11.4 Å². The molecule has 0 N–H and O–H groups in total. The van der Waals surface area contributed by atoms with Gasteiger partial charge in [0.2, 0.25) is 0 Å². The Hall–Kier alpha value is -5.92. The zero-order valence-electron chi connectivity index (χ0n) is 35.5. The second-order valence-electron chi connectivity index (χ2n) is 19.7. The summed E-state index contributed by atoms with van der Waals surface area (Å²) >= 11 is 5.83. The molecule has 2 nitrogen and oxygen atoms in total. The highest BCUT2D eigenvalue weighted by Gasteiger charge is 2.46. The van der Waals surface area contributed by atoms with E-state index >= 15 is 0 Å². The monoisotopic (exact) mass is 848 g/mol. The van der Waals surface area contributed by atoms with Crippen LogP contribution in [0.3, 0.4) is 0 Å². The summed E-state index contributed by atoms with van der Waals surface area (Å²) in [6.45, 7) is 13.9. The van der Waals surface area contributed by atoms with Crippen molar-refractivity contribution in [3.05, 3.63) is 151 Å². The van der Waals surface area contributed by atoms with E-state index in [-0.39, 0.29) is 17.7 Å². The molecule has 2 aliphatic heterocycles. The van der Waals surface area contributed by atoms with Crippen molar-refractivity contribution in [3.63, 3.8) is 0 Å². The molecular formula is C56H41BN2S3. The quantitative estimate of drug-likeness (QED) is 0.149. The Morgan fingerprint density at radius 3 is 1.74 bits per heavy atom. The van der Waals surface area contributed by atoms with Crippen LogP contribution in [0.5, 0.6) is 0 Å². The summed E-state index contributed by atoms with van der Waals surface area (Å²) in [5.41, 5.74) is 14.7. The van der Waals surface area contributed by atoms with Gasteiger partial charge in [-0.05, 0) is 93.5 Å². The number of rotatable bonds is 1. The number of hydrogen-bond donors (Lipinski definition) is 0. The zero-order valence-corrected chi connectivity index (χ0v) is 37.9. The topological polar surface area (TPSA) is 8.17 Å². The van der Waals surface area contributed by atoms with E-state index in [1.807, 2.05) is 34.0 Å². The summed E-state index contributed by atoms with van der Waals surface area (Å²) in [5, 5.41) is 10.8. The van der Waals surface area contributed by atoms with E-state index in [4.69, 9.17) is 0 Å². The molecule has 0 fully saturated rings. The first-order valence-electron chi connectivity index (χ1n) is 21.8. The zero-order chi connectivity index (χ0) is 41.6. The summed E-state index contributed by atoms with van der Waals surface area (Å²) in [4.78, 5) is 2.73. The number of anilines is 2. The Morgan fingerprint density at radius 1 is 0.468 bits per heavy atom. The lowest BCUT2D eigenvalue weighted by atomic mass is 9.43. The first kappa shape index (κ1) is 35.7. The summed E-state index contributed by atoms with van der Waals surface area (Å²) in [6.07, 6.45) is 0. The molecule has 4 aromatic heterocycles. The minimum Gasteiger partial charge on any atom is -0.376 e. The highest BCUT2D eigenvalue weighted by Crippen LogP contribution is 2.54. The molecule has 0 amide bonds. The number of fused-ring (bicyclic) bond motifs is 19. The second-order valence-corrected chi connectivity index (χ2v) is 22.9. The molecule has 62 heavy (non-hydrogen) atoms. The first-order valence-corrected chi connectivity index (χ1v) is 24.2. The van der Waals surface area contributed by atoms with Crippen molar-refractivity contribution < 1.29 is 0 Å². The van der Waals surface area contributed by atoms with Gasteiger partial charge in [0.1, 0.15) is 0 Å². The molecule has 8 aromatic carbocycles. The van der Waals surface area contributed by atoms with Gasteiger partial charge in [0.25, 0.3) is 0 Å². The molecule has 12 aromatic rings. The van der Waals surface area contributed by atoms with Crippen LogP contribution in [0, 0.1) is 0 Å². The average Bonchev–Trinajstić information content (AvgIpc) is 4.02. The van der Waals surface area contributed by atoms with Crippen LogP contribution in [0.25, 0.3) is 99.1 Å². The standard InChI is InChI=1S/C56H41BN2S3/c1-55(2,3)30-19-22-32(23-20-30)59-42-27-37-34-14-8-11-17-45(34)60-47(37)28-39(42)51-52-53-49(50-35-15-9-12-18-46(35)62-54(50)51)38-25-31(56(4,5)6)21-24-41(38)58(53)43-29-48-36(26-40(43)57(52)59)33-13-7-10-16-44(33)61-48/h7-29H,1-6H3. The second kappa shape index (κ2) is 12.0. The summed E-state index contributed by atoms with van der Waals surface area (Å²) in [6, 6.07) is 54.3. The van der Waals surface area contributed by atoms with Gasteiger partial charge in [-0.3, -0.25) is 0 Å². The predicted octanol–water partition coefficient (Wildman–Crippen LogP) is 15.7. The van der Waals surface area contributed by atoms with Crippen molar-refractivity contribution in [2.45, 2.75) is 52.4 Å². The molecule has 2 aliphatic rings. The molecule has 0 unspecified atom stereocenters. The molecule has 0 atom stereocenters. The fourth-order valence-electron chi connectivity index (χ4n) is 11.1. The van der Waals surface area contributed by atoms with Gasteiger partial charge in [-0.2, -0.15) is 0 Å². The fourth-order valence-corrected chi connectivity index (χ4v) is 14.6. The highest BCUT2D eigenvalue weighted by atomic mass is 32.1. The van der Waals surface area contributed by atoms with Crippen molar-refractivity contribution in [2.75, 3.05) is 4.81 Å². The van der Waals surface area contributed by atoms with Gasteiger partial charge >= 0.3 is 6.85 Å². The molecule has 6 heterocycles. The maximum atomic E-state index is 2.73. The van der Waals surface area contributed by atoms with E-state index in [9.17, 15) is 0 Å². The minimum atomic E-state index is -0.0746. The van der Waals surface area contributed by atoms with Gasteiger partial charge in [0.15, 0.2) is 0 Å². The molecule has 0 saturated carbocycles. The lowest BCUT2D eigenvalue weighted by molar-refractivity contribution is 0.590. The normalized spacial score (nSPS) is 13.9. The SMILES string of the molecule is CC(C)(C)c1ccc(N2B3c4cc5c(cc4-n4c6ccc(C(C)(C)C)cc6c6c7c(sc8ccccc87)c(c3c64)-c3cc4sc6ccccc6c4cc32)sc2ccccc25)cc1. The van der Waals surface area contributed by atoms with Crippen LogP contribution >= 0.6 is 34.0 Å². The van der Waals surface area contributed by atoms with Crippen LogP contribution in [0.15, 0.2) is 140 Å². The number of hydrogen-bond acceptors (Lipinski definition) is 4. The van der Waals surface area contributed by atoms with E-state index in [1.54, 1.807) is 0 Å². The third-order valence-electron chi connectivity index (χ3n) is 14.1. The molecule has 14 rings (SSSR count). The first-order chi connectivity index (χ1) is 30.0. The molecule has 6 heteroatoms. The van der Waals surface area contributed by atoms with Crippen molar-refractivity contribution in [2.24, 2.45) is 0 Å². The summed E-state index contributed by atoms with van der Waals surface area (Å²) < 4.78 is 10.8. The van der Waals surface area contributed by atoms with Crippen molar-refractivity contribution in [3.8, 4) is 16.8 Å². The lowest BCUT2D eigenvalue weighted by Gasteiger charge is -2.42. The van der Waals surface area contributed by atoms with Gasteiger partial charge in [-0.25, -0.2) is 0 Å². The maximum Gasteiger partial charge on any atom is 0.333 e. The molecule has 0 aliphatic carbocycles. The van der Waals surface area contributed by atoms with Crippen LogP contribution in [-0.4, -0.2) is 11.4 Å². The van der Waals surface area contributed by atoms with Crippen LogP contribution in [0.2, 0.25) is 0 Å². The van der Waals surface area contributed by atoms with Crippen molar-refractivity contribution in [1.82, 2.24) is 4.57 Å². The largest absolute Gasteiger partial charge is 0.376 e. The van der Waals surface area contributed by atoms with E-state index in [0.717, 1.165) is 0 Å². The Bertz CT molecular complexity index is 3960. The third-order valence-corrected chi connectivity index (χ3v) is 17.5. The number of nitrogens with zero attached hydrogens (tertiary/aromatic N) is 2. The van der Waals surface area contributed by atoms with E-state index in [1.165, 1.54) is 133 Å².